The number of carbonyl (C=O) groups excluding carboxylic acids is 2. The fourth-order valence-corrected chi connectivity index (χ4v) is 7.78. The maximum atomic E-state index is 14.8. The molecule has 198 valence electrons. The summed E-state index contributed by atoms with van der Waals surface area (Å²) in [6, 6.07) is 8.88. The van der Waals surface area contributed by atoms with E-state index >= 15 is 0 Å². The van der Waals surface area contributed by atoms with E-state index in [0.717, 1.165) is 23.1 Å². The van der Waals surface area contributed by atoms with Gasteiger partial charge < -0.3 is 14.0 Å². The van der Waals surface area contributed by atoms with Crippen molar-refractivity contribution >= 4 is 18.2 Å². The second-order valence-corrected chi connectivity index (χ2v) is 14.8. The zero-order valence-electron chi connectivity index (χ0n) is 23.9. The van der Waals surface area contributed by atoms with E-state index in [1.165, 1.54) is 14.2 Å². The van der Waals surface area contributed by atoms with Crippen molar-refractivity contribution < 1.29 is 23.6 Å². The van der Waals surface area contributed by atoms with Gasteiger partial charge in [-0.2, -0.15) is 0 Å². The van der Waals surface area contributed by atoms with Crippen LogP contribution in [0.4, 0.5) is 0 Å². The zero-order valence-corrected chi connectivity index (χ0v) is 24.8. The first-order valence-corrected chi connectivity index (χ1v) is 14.4. The summed E-state index contributed by atoms with van der Waals surface area (Å²) in [6.07, 6.45) is 0.713. The van der Waals surface area contributed by atoms with Crippen molar-refractivity contribution in [2.45, 2.75) is 74.1 Å². The van der Waals surface area contributed by atoms with Crippen molar-refractivity contribution in [3.63, 3.8) is 0 Å². The Hall–Kier alpha value is -2.39. The molecule has 2 aromatic carbocycles. The highest BCUT2D eigenvalue weighted by Crippen LogP contribution is 2.57. The molecule has 0 saturated carbocycles. The third kappa shape index (κ3) is 6.48. The first-order valence-electron chi connectivity index (χ1n) is 12.5. The number of carbonyl (C=O) groups is 2. The molecule has 0 amide bonds. The summed E-state index contributed by atoms with van der Waals surface area (Å²) in [5, 5.41) is 0. The van der Waals surface area contributed by atoms with Gasteiger partial charge in [-0.3, -0.25) is 9.59 Å². The third-order valence-electron chi connectivity index (χ3n) is 6.44. The van der Waals surface area contributed by atoms with Crippen molar-refractivity contribution in [2.24, 2.45) is 11.3 Å². The quantitative estimate of drug-likeness (QED) is 0.317. The molecule has 0 aliphatic rings. The summed E-state index contributed by atoms with van der Waals surface area (Å²) in [4.78, 5) is 28.4. The molecule has 0 heterocycles. The lowest BCUT2D eigenvalue weighted by Crippen LogP contribution is -2.22. The summed E-state index contributed by atoms with van der Waals surface area (Å²) in [5.74, 6) is 0.374. The standard InChI is InChI=1S/C30H43O5P/c1-19(17-29(4,5)6)18-36(33,28(32)26-23(34-10)13-12-14-24(26)35-11)27(31)25-20(2)15-22(16-21(25)3)30(7,8)9/h12-16,19H,17-18H2,1-11H3. The van der Waals surface area contributed by atoms with Crippen LogP contribution >= 0.6 is 7.14 Å². The smallest absolute Gasteiger partial charge is 0.236 e. The molecule has 0 aromatic heterocycles. The number of aryl methyl sites for hydroxylation is 2. The van der Waals surface area contributed by atoms with Gasteiger partial charge in [0.15, 0.2) is 0 Å². The first kappa shape index (κ1) is 29.8. The van der Waals surface area contributed by atoms with E-state index in [9.17, 15) is 14.2 Å². The van der Waals surface area contributed by atoms with E-state index in [-0.39, 0.29) is 40.0 Å². The van der Waals surface area contributed by atoms with Crippen molar-refractivity contribution in [2.75, 3.05) is 20.4 Å². The normalized spacial score (nSPS) is 14.6. The van der Waals surface area contributed by atoms with Crippen molar-refractivity contribution in [3.05, 3.63) is 58.1 Å². The number of ether oxygens (including phenoxy) is 2. The molecule has 2 atom stereocenters. The first-order chi connectivity index (χ1) is 16.5. The topological polar surface area (TPSA) is 69.7 Å². The van der Waals surface area contributed by atoms with Crippen LogP contribution in [0, 0.1) is 25.2 Å². The predicted octanol–water partition coefficient (Wildman–Crippen LogP) is 8.03. The third-order valence-corrected chi connectivity index (χ3v) is 9.34. The monoisotopic (exact) mass is 514 g/mol. The van der Waals surface area contributed by atoms with Crippen LogP contribution in [0.2, 0.25) is 0 Å². The molecular weight excluding hydrogens is 471 g/mol. The summed E-state index contributed by atoms with van der Waals surface area (Å²) >= 11 is 0. The molecule has 0 spiro atoms. The molecule has 2 aromatic rings. The highest BCUT2D eigenvalue weighted by atomic mass is 31.2. The Labute approximate surface area is 217 Å². The maximum absolute atomic E-state index is 14.8. The minimum absolute atomic E-state index is 0.0109. The van der Waals surface area contributed by atoms with Gasteiger partial charge in [-0.1, -0.05) is 66.7 Å². The molecule has 0 radical (unpaired) electrons. The Balaban J connectivity index is 2.76. The average Bonchev–Trinajstić information content (AvgIpc) is 2.75. The molecular formula is C30H43O5P. The van der Waals surface area contributed by atoms with Crippen LogP contribution in [-0.4, -0.2) is 31.4 Å². The van der Waals surface area contributed by atoms with E-state index in [2.05, 4.69) is 41.5 Å². The van der Waals surface area contributed by atoms with Gasteiger partial charge >= 0.3 is 0 Å². The highest BCUT2D eigenvalue weighted by molar-refractivity contribution is 7.95. The molecule has 5 nitrogen and oxygen atoms in total. The molecule has 0 aliphatic heterocycles. The van der Waals surface area contributed by atoms with E-state index in [1.807, 2.05) is 32.9 Å². The Bertz CT molecular complexity index is 1140. The molecule has 0 N–H and O–H groups in total. The van der Waals surface area contributed by atoms with Gasteiger partial charge in [0.25, 0.3) is 0 Å². The van der Waals surface area contributed by atoms with Gasteiger partial charge in [-0.25, -0.2) is 0 Å². The fourth-order valence-electron chi connectivity index (χ4n) is 4.96. The summed E-state index contributed by atoms with van der Waals surface area (Å²) < 4.78 is 25.7. The second-order valence-electron chi connectivity index (χ2n) is 12.2. The Morgan fingerprint density at radius 3 is 1.69 bits per heavy atom. The van der Waals surface area contributed by atoms with Crippen LogP contribution in [0.15, 0.2) is 30.3 Å². The van der Waals surface area contributed by atoms with Gasteiger partial charge in [0.05, 0.1) is 14.2 Å². The van der Waals surface area contributed by atoms with Crippen molar-refractivity contribution in [1.82, 2.24) is 0 Å². The average molecular weight is 515 g/mol. The fraction of sp³-hybridized carbons (Fsp3) is 0.533. The molecule has 0 fully saturated rings. The molecule has 0 bridgehead atoms. The molecule has 2 unspecified atom stereocenters. The van der Waals surface area contributed by atoms with Crippen LogP contribution in [0.5, 0.6) is 11.5 Å². The SMILES string of the molecule is COc1cccc(OC)c1C(=O)P(=O)(CC(C)CC(C)(C)C)C(=O)c1c(C)cc(C(C)(C)C)cc1C. The van der Waals surface area contributed by atoms with Crippen molar-refractivity contribution in [1.29, 1.82) is 0 Å². The summed E-state index contributed by atoms with van der Waals surface area (Å²) in [5.41, 5.74) is 1.53. The van der Waals surface area contributed by atoms with Gasteiger partial charge in [-0.05, 0) is 65.8 Å². The minimum Gasteiger partial charge on any atom is -0.496 e. The molecule has 6 heteroatoms. The maximum Gasteiger partial charge on any atom is 0.236 e. The van der Waals surface area contributed by atoms with Gasteiger partial charge in [-0.15, -0.1) is 0 Å². The van der Waals surface area contributed by atoms with E-state index in [1.54, 1.807) is 18.2 Å². The number of methoxy groups -OCH3 is 2. The summed E-state index contributed by atoms with van der Waals surface area (Å²) in [6.45, 7) is 18.3. The van der Waals surface area contributed by atoms with E-state index < -0.39 is 18.2 Å². The molecule has 36 heavy (non-hydrogen) atoms. The highest BCUT2D eigenvalue weighted by Gasteiger charge is 2.45. The minimum atomic E-state index is -4.12. The van der Waals surface area contributed by atoms with Crippen LogP contribution in [-0.2, 0) is 9.98 Å². The predicted molar refractivity (Wildman–Crippen MR) is 149 cm³/mol. The Kier molecular flexibility index (Phi) is 9.06. The summed E-state index contributed by atoms with van der Waals surface area (Å²) in [7, 11) is -1.23. The Morgan fingerprint density at radius 1 is 0.861 bits per heavy atom. The zero-order chi connectivity index (χ0) is 27.6. The van der Waals surface area contributed by atoms with Crippen LogP contribution in [0.25, 0.3) is 0 Å². The van der Waals surface area contributed by atoms with Gasteiger partial charge in [0.2, 0.25) is 18.2 Å². The largest absolute Gasteiger partial charge is 0.496 e. The van der Waals surface area contributed by atoms with Crippen LogP contribution < -0.4 is 9.47 Å². The van der Waals surface area contributed by atoms with Crippen LogP contribution in [0.1, 0.15) is 92.3 Å². The number of benzene rings is 2. The lowest BCUT2D eigenvalue weighted by atomic mass is 9.84. The van der Waals surface area contributed by atoms with Gasteiger partial charge in [0, 0.05) is 11.7 Å². The van der Waals surface area contributed by atoms with Crippen molar-refractivity contribution in [3.8, 4) is 11.5 Å². The number of rotatable bonds is 9. The Morgan fingerprint density at radius 2 is 1.31 bits per heavy atom. The molecule has 0 aliphatic carbocycles. The van der Waals surface area contributed by atoms with Crippen LogP contribution in [0.3, 0.4) is 0 Å². The number of hydrogen-bond acceptors (Lipinski definition) is 5. The van der Waals surface area contributed by atoms with E-state index in [4.69, 9.17) is 9.47 Å². The lowest BCUT2D eigenvalue weighted by Gasteiger charge is -2.27. The molecule has 2 rings (SSSR count). The van der Waals surface area contributed by atoms with Gasteiger partial charge in [0.1, 0.15) is 17.1 Å². The van der Waals surface area contributed by atoms with E-state index in [0.29, 0.717) is 5.56 Å². The molecule has 0 saturated heterocycles. The second kappa shape index (κ2) is 10.9. The number of hydrogen-bond donors (Lipinski definition) is 0. The lowest BCUT2D eigenvalue weighted by molar-refractivity contribution is 0.103.